The van der Waals surface area contributed by atoms with Gasteiger partial charge in [0, 0.05) is 5.92 Å². The van der Waals surface area contributed by atoms with Gasteiger partial charge in [0.15, 0.2) is 0 Å². The van der Waals surface area contributed by atoms with Crippen molar-refractivity contribution in [3.63, 3.8) is 0 Å². The third-order valence-corrected chi connectivity index (χ3v) is 2.93. The molecule has 1 aliphatic rings. The summed E-state index contributed by atoms with van der Waals surface area (Å²) in [7, 11) is 0. The number of hydrogen-bond acceptors (Lipinski definition) is 1. The second kappa shape index (κ2) is 5.19. The predicted molar refractivity (Wildman–Crippen MR) is 50.6 cm³/mol. The fourth-order valence-electron chi connectivity index (χ4n) is 2.01. The maximum absolute atomic E-state index is 8.82. The highest BCUT2D eigenvalue weighted by atomic mass is 14.3. The standard InChI is InChI=1S/C11H19N/c1-10-5-2-3-7-11(9-12)8-4-6-10/h10-11H,2-8H2,1H3. The van der Waals surface area contributed by atoms with Gasteiger partial charge in [-0.05, 0) is 18.8 Å². The molecule has 0 bridgehead atoms. The topological polar surface area (TPSA) is 23.8 Å². The summed E-state index contributed by atoms with van der Waals surface area (Å²) in [5.41, 5.74) is 0. The van der Waals surface area contributed by atoms with E-state index in [1.54, 1.807) is 0 Å². The zero-order valence-corrected chi connectivity index (χ0v) is 8.05. The quantitative estimate of drug-likeness (QED) is 0.539. The Labute approximate surface area is 75.8 Å². The zero-order chi connectivity index (χ0) is 8.81. The first-order valence-corrected chi connectivity index (χ1v) is 5.22. The van der Waals surface area contributed by atoms with E-state index in [2.05, 4.69) is 13.0 Å². The summed E-state index contributed by atoms with van der Waals surface area (Å²) in [6.45, 7) is 2.34. The molecular weight excluding hydrogens is 146 g/mol. The summed E-state index contributed by atoms with van der Waals surface area (Å²) >= 11 is 0. The summed E-state index contributed by atoms with van der Waals surface area (Å²) in [5, 5.41) is 8.82. The molecule has 0 aromatic carbocycles. The van der Waals surface area contributed by atoms with Crippen LogP contribution in [0.5, 0.6) is 0 Å². The highest BCUT2D eigenvalue weighted by Gasteiger charge is 2.11. The fourth-order valence-corrected chi connectivity index (χ4v) is 2.01. The predicted octanol–water partition coefficient (Wildman–Crippen LogP) is 3.51. The SMILES string of the molecule is CC1CCCCC(C#N)CCC1. The van der Waals surface area contributed by atoms with Gasteiger partial charge < -0.3 is 0 Å². The summed E-state index contributed by atoms with van der Waals surface area (Å²) in [5.74, 6) is 1.25. The number of rotatable bonds is 0. The van der Waals surface area contributed by atoms with E-state index in [1.165, 1.54) is 32.1 Å². The second-order valence-corrected chi connectivity index (χ2v) is 4.15. The van der Waals surface area contributed by atoms with Crippen LogP contribution in [0, 0.1) is 23.2 Å². The van der Waals surface area contributed by atoms with Crippen LogP contribution in [0.15, 0.2) is 0 Å². The highest BCUT2D eigenvalue weighted by molar-refractivity contribution is 4.83. The van der Waals surface area contributed by atoms with Gasteiger partial charge in [-0.3, -0.25) is 0 Å². The summed E-state index contributed by atoms with van der Waals surface area (Å²) in [4.78, 5) is 0. The summed E-state index contributed by atoms with van der Waals surface area (Å²) in [6.07, 6.45) is 8.85. The van der Waals surface area contributed by atoms with Crippen molar-refractivity contribution in [1.82, 2.24) is 0 Å². The van der Waals surface area contributed by atoms with E-state index in [1.807, 2.05) is 0 Å². The van der Waals surface area contributed by atoms with Crippen LogP contribution in [0.25, 0.3) is 0 Å². The molecule has 0 amide bonds. The van der Waals surface area contributed by atoms with Crippen molar-refractivity contribution in [1.29, 1.82) is 5.26 Å². The van der Waals surface area contributed by atoms with Crippen LogP contribution >= 0.6 is 0 Å². The van der Waals surface area contributed by atoms with Crippen LogP contribution in [0.3, 0.4) is 0 Å². The number of nitriles is 1. The molecule has 1 nitrogen and oxygen atoms in total. The Balaban J connectivity index is 2.33. The van der Waals surface area contributed by atoms with E-state index in [0.29, 0.717) is 5.92 Å². The first kappa shape index (κ1) is 9.58. The molecule has 0 saturated heterocycles. The Kier molecular flexibility index (Phi) is 4.14. The van der Waals surface area contributed by atoms with E-state index < -0.39 is 0 Å². The van der Waals surface area contributed by atoms with Crippen LogP contribution in [-0.2, 0) is 0 Å². The van der Waals surface area contributed by atoms with Crippen LogP contribution in [0.2, 0.25) is 0 Å². The van der Waals surface area contributed by atoms with Crippen molar-refractivity contribution in [2.24, 2.45) is 11.8 Å². The van der Waals surface area contributed by atoms with Crippen molar-refractivity contribution in [3.05, 3.63) is 0 Å². The fraction of sp³-hybridized carbons (Fsp3) is 0.909. The maximum atomic E-state index is 8.82. The second-order valence-electron chi connectivity index (χ2n) is 4.15. The van der Waals surface area contributed by atoms with Crippen molar-refractivity contribution in [2.75, 3.05) is 0 Å². The van der Waals surface area contributed by atoms with Gasteiger partial charge >= 0.3 is 0 Å². The summed E-state index contributed by atoms with van der Waals surface area (Å²) < 4.78 is 0. The number of hydrogen-bond donors (Lipinski definition) is 0. The Morgan fingerprint density at radius 2 is 1.58 bits per heavy atom. The third-order valence-electron chi connectivity index (χ3n) is 2.93. The third kappa shape index (κ3) is 3.26. The van der Waals surface area contributed by atoms with Crippen LogP contribution in [0.4, 0.5) is 0 Å². The average molecular weight is 165 g/mol. The molecule has 0 aromatic heterocycles. The lowest BCUT2D eigenvalue weighted by atomic mass is 9.98. The maximum Gasteiger partial charge on any atom is 0.0655 e. The zero-order valence-electron chi connectivity index (χ0n) is 8.05. The molecule has 1 heteroatoms. The average Bonchev–Trinajstić information content (AvgIpc) is 2.17. The Hall–Kier alpha value is -0.510. The minimum Gasteiger partial charge on any atom is -0.198 e. The largest absolute Gasteiger partial charge is 0.198 e. The highest BCUT2D eigenvalue weighted by Crippen LogP contribution is 2.24. The molecule has 0 spiro atoms. The van der Waals surface area contributed by atoms with Gasteiger partial charge in [-0.2, -0.15) is 5.26 Å². The molecule has 2 unspecified atom stereocenters. The minimum atomic E-state index is 0.357. The first-order chi connectivity index (χ1) is 5.83. The minimum absolute atomic E-state index is 0.357. The molecular formula is C11H19N. The first-order valence-electron chi connectivity index (χ1n) is 5.22. The molecule has 1 fully saturated rings. The van der Waals surface area contributed by atoms with Crippen LogP contribution in [-0.4, -0.2) is 0 Å². The Bertz CT molecular complexity index is 157. The van der Waals surface area contributed by atoms with Crippen molar-refractivity contribution in [2.45, 2.75) is 51.9 Å². The number of nitrogens with zero attached hydrogens (tertiary/aromatic N) is 1. The van der Waals surface area contributed by atoms with Gasteiger partial charge in [0.1, 0.15) is 0 Å². The van der Waals surface area contributed by atoms with E-state index >= 15 is 0 Å². The van der Waals surface area contributed by atoms with Gasteiger partial charge in [0.05, 0.1) is 6.07 Å². The molecule has 1 aliphatic carbocycles. The van der Waals surface area contributed by atoms with E-state index in [9.17, 15) is 0 Å². The van der Waals surface area contributed by atoms with E-state index in [-0.39, 0.29) is 0 Å². The molecule has 1 saturated carbocycles. The summed E-state index contributed by atoms with van der Waals surface area (Å²) in [6, 6.07) is 2.41. The van der Waals surface area contributed by atoms with Crippen LogP contribution in [0.1, 0.15) is 51.9 Å². The molecule has 0 aromatic rings. The van der Waals surface area contributed by atoms with Crippen molar-refractivity contribution >= 4 is 0 Å². The van der Waals surface area contributed by atoms with Crippen molar-refractivity contribution < 1.29 is 0 Å². The molecule has 1 rings (SSSR count). The molecule has 2 atom stereocenters. The Morgan fingerprint density at radius 1 is 1.00 bits per heavy atom. The molecule has 0 radical (unpaired) electrons. The Morgan fingerprint density at radius 3 is 2.33 bits per heavy atom. The smallest absolute Gasteiger partial charge is 0.0655 e. The lowest BCUT2D eigenvalue weighted by Crippen LogP contribution is -1.96. The van der Waals surface area contributed by atoms with E-state index in [4.69, 9.17) is 5.26 Å². The van der Waals surface area contributed by atoms with Gasteiger partial charge in [-0.15, -0.1) is 0 Å². The van der Waals surface area contributed by atoms with Crippen molar-refractivity contribution in [3.8, 4) is 6.07 Å². The lowest BCUT2D eigenvalue weighted by molar-refractivity contribution is 0.461. The molecule has 0 N–H and O–H groups in total. The van der Waals surface area contributed by atoms with E-state index in [0.717, 1.165) is 18.8 Å². The molecule has 68 valence electrons. The van der Waals surface area contributed by atoms with Gasteiger partial charge in [0.25, 0.3) is 0 Å². The van der Waals surface area contributed by atoms with Gasteiger partial charge in [0.2, 0.25) is 0 Å². The normalized spacial score (nSPS) is 32.7. The molecule has 12 heavy (non-hydrogen) atoms. The lowest BCUT2D eigenvalue weighted by Gasteiger charge is -2.07. The molecule has 0 heterocycles. The molecule has 0 aliphatic heterocycles. The van der Waals surface area contributed by atoms with Gasteiger partial charge in [-0.1, -0.05) is 39.0 Å². The van der Waals surface area contributed by atoms with Gasteiger partial charge in [-0.25, -0.2) is 0 Å². The monoisotopic (exact) mass is 165 g/mol. The van der Waals surface area contributed by atoms with Crippen LogP contribution < -0.4 is 0 Å².